The zero-order valence-corrected chi connectivity index (χ0v) is 27.6. The fraction of sp³-hybridized carbons (Fsp3) is 0.526. The van der Waals surface area contributed by atoms with E-state index in [1.807, 2.05) is 6.07 Å². The smallest absolute Gasteiger partial charge is 0.319 e. The number of anilines is 1. The summed E-state index contributed by atoms with van der Waals surface area (Å²) in [6.45, 7) is 2.70. The number of halogens is 3. The fourth-order valence-electron chi connectivity index (χ4n) is 10.8. The first kappa shape index (κ1) is 29.7. The molecule has 4 aromatic rings. The molecule has 260 valence electrons. The molecule has 3 unspecified atom stereocenters. The van der Waals surface area contributed by atoms with Crippen molar-refractivity contribution in [2.75, 3.05) is 44.4 Å². The molecule has 1 aliphatic carbocycles. The molecule has 1 saturated carbocycles. The molecule has 11 rings (SSSR count). The fourth-order valence-corrected chi connectivity index (χ4v) is 10.8. The lowest BCUT2D eigenvalue weighted by Gasteiger charge is -2.40. The minimum atomic E-state index is -0.929. The molecule has 2 bridgehead atoms. The van der Waals surface area contributed by atoms with Crippen LogP contribution < -0.4 is 24.4 Å². The van der Waals surface area contributed by atoms with E-state index >= 15 is 8.78 Å². The zero-order valence-electron chi connectivity index (χ0n) is 27.6. The molecule has 0 amide bonds. The largest absolute Gasteiger partial charge is 0.508 e. The average Bonchev–Trinajstić information content (AvgIpc) is 3.83. The van der Waals surface area contributed by atoms with Gasteiger partial charge in [-0.15, -0.1) is 0 Å². The van der Waals surface area contributed by atoms with Crippen molar-refractivity contribution >= 4 is 27.5 Å². The predicted molar refractivity (Wildman–Crippen MR) is 180 cm³/mol. The van der Waals surface area contributed by atoms with Crippen molar-refractivity contribution in [2.45, 2.75) is 81.2 Å². The number of alkyl halides is 1. The van der Waals surface area contributed by atoms with E-state index in [9.17, 15) is 9.50 Å². The summed E-state index contributed by atoms with van der Waals surface area (Å²) in [5, 5.41) is 15.9. The Bertz CT molecular complexity index is 2130. The Balaban J connectivity index is 1.10. The maximum Gasteiger partial charge on any atom is 0.319 e. The Morgan fingerprint density at radius 1 is 1.06 bits per heavy atom. The van der Waals surface area contributed by atoms with Gasteiger partial charge in [-0.2, -0.15) is 9.97 Å². The van der Waals surface area contributed by atoms with E-state index in [-0.39, 0.29) is 76.3 Å². The van der Waals surface area contributed by atoms with E-state index < -0.39 is 23.3 Å². The van der Waals surface area contributed by atoms with E-state index in [1.54, 1.807) is 12.1 Å². The summed E-state index contributed by atoms with van der Waals surface area (Å²) >= 11 is 0. The molecule has 1 aromatic heterocycles. The quantitative estimate of drug-likeness (QED) is 0.277. The number of fused-ring (bicyclic) bond motifs is 9. The van der Waals surface area contributed by atoms with Crippen LogP contribution in [0.25, 0.3) is 32.8 Å². The van der Waals surface area contributed by atoms with Crippen LogP contribution in [-0.4, -0.2) is 89.3 Å². The van der Waals surface area contributed by atoms with Gasteiger partial charge in [-0.3, -0.25) is 4.90 Å². The first-order valence-electron chi connectivity index (χ1n) is 18.1. The molecule has 9 nitrogen and oxygen atoms in total. The van der Waals surface area contributed by atoms with Gasteiger partial charge in [0, 0.05) is 50.1 Å². The van der Waals surface area contributed by atoms with Crippen molar-refractivity contribution in [3.63, 3.8) is 0 Å². The van der Waals surface area contributed by atoms with Crippen LogP contribution in [0.3, 0.4) is 0 Å². The van der Waals surface area contributed by atoms with Gasteiger partial charge in [-0.1, -0.05) is 12.5 Å². The summed E-state index contributed by atoms with van der Waals surface area (Å²) in [5.41, 5.74) is 0.358. The Kier molecular flexibility index (Phi) is 6.10. The third kappa shape index (κ3) is 4.09. The van der Waals surface area contributed by atoms with Crippen LogP contribution in [-0.2, 0) is 6.42 Å². The lowest BCUT2D eigenvalue weighted by Crippen LogP contribution is -2.60. The van der Waals surface area contributed by atoms with Crippen molar-refractivity contribution in [2.24, 2.45) is 5.41 Å². The molecule has 1 spiro atoms. The number of hydrogen-bond acceptors (Lipinski definition) is 9. The molecular weight excluding hydrogens is 647 g/mol. The highest BCUT2D eigenvalue weighted by molar-refractivity contribution is 6.06. The molecule has 4 saturated heterocycles. The van der Waals surface area contributed by atoms with Crippen LogP contribution in [0.2, 0.25) is 0 Å². The third-order valence-corrected chi connectivity index (χ3v) is 13.0. The second-order valence-corrected chi connectivity index (χ2v) is 15.9. The second-order valence-electron chi connectivity index (χ2n) is 15.9. The average molecular weight is 686 g/mol. The number of phenols is 1. The molecule has 0 radical (unpaired) electrons. The van der Waals surface area contributed by atoms with Crippen LogP contribution in [0, 0.1) is 17.0 Å². The van der Waals surface area contributed by atoms with Gasteiger partial charge in [-0.25, -0.2) is 13.2 Å². The maximum atomic E-state index is 17.4. The summed E-state index contributed by atoms with van der Waals surface area (Å²) in [5.74, 6) is -0.903. The van der Waals surface area contributed by atoms with Crippen LogP contribution in [0.5, 0.6) is 23.3 Å². The van der Waals surface area contributed by atoms with E-state index in [0.717, 1.165) is 44.2 Å². The first-order valence-corrected chi connectivity index (χ1v) is 18.1. The molecular formula is C38H38F3N5O4. The molecule has 3 aromatic carbocycles. The molecule has 7 heterocycles. The van der Waals surface area contributed by atoms with Gasteiger partial charge in [0.25, 0.3) is 0 Å². The summed E-state index contributed by atoms with van der Waals surface area (Å²) in [7, 11) is 0. The van der Waals surface area contributed by atoms with Gasteiger partial charge in [0.2, 0.25) is 0 Å². The Labute approximate surface area is 286 Å². The van der Waals surface area contributed by atoms with Gasteiger partial charge >= 0.3 is 6.01 Å². The maximum absolute atomic E-state index is 17.4. The van der Waals surface area contributed by atoms with Crippen molar-refractivity contribution in [3.8, 4) is 34.4 Å². The molecule has 5 fully saturated rings. The number of aromatic nitrogens is 2. The number of aromatic hydroxyl groups is 1. The number of nitrogens with one attached hydrogen (secondary N) is 1. The summed E-state index contributed by atoms with van der Waals surface area (Å²) in [6, 6.07) is 6.76. The van der Waals surface area contributed by atoms with Crippen molar-refractivity contribution in [1.82, 2.24) is 20.2 Å². The highest BCUT2D eigenvalue weighted by atomic mass is 19.1. The minimum absolute atomic E-state index is 0.0114. The molecule has 12 heteroatoms. The van der Waals surface area contributed by atoms with Crippen LogP contribution in [0.15, 0.2) is 24.3 Å². The Hall–Kier alpha value is -4.03. The standard InChI is InChI=1S/C38H38F3N5O4/c39-20-12-38(16-37(7-1-8-37)17-45(38)13-20)18-50-36-43-33-30-34(49-15-26-25-4-3-21(42-25)14-46(26)35(30)44-36)32(41)29(31(33)40)24-11-22(47)10-19-2-5-27-23(28(19)24)6-9-48-27/h2,5,10-11,20-21,25-26,42,47H,1,3-4,6-9,12-18H2/t20-,21?,25?,26?,38-/m0/s1. The Morgan fingerprint density at radius 2 is 1.96 bits per heavy atom. The van der Waals surface area contributed by atoms with Gasteiger partial charge in [0.15, 0.2) is 17.4 Å². The van der Waals surface area contributed by atoms with Crippen molar-refractivity contribution in [1.29, 1.82) is 0 Å². The lowest BCUT2D eigenvalue weighted by atomic mass is 9.65. The topological polar surface area (TPSA) is 92.2 Å². The SMILES string of the molecule is Oc1cc(-c2c(F)c3c4c(nc(OC[C@@]56C[C@H](F)CN5CC5(CCC5)C6)nc4c2F)N2CC4CCC(N4)C2CO3)c2c3c(ccc2c1)OCC3. The van der Waals surface area contributed by atoms with E-state index in [1.165, 1.54) is 12.5 Å². The zero-order chi connectivity index (χ0) is 33.5. The first-order chi connectivity index (χ1) is 24.3. The highest BCUT2D eigenvalue weighted by Crippen LogP contribution is 2.57. The molecule has 2 N–H and O–H groups in total. The summed E-state index contributed by atoms with van der Waals surface area (Å²) < 4.78 is 68.0. The molecule has 6 aliphatic heterocycles. The molecule has 50 heavy (non-hydrogen) atoms. The van der Waals surface area contributed by atoms with Gasteiger partial charge < -0.3 is 29.5 Å². The number of ether oxygens (including phenoxy) is 3. The van der Waals surface area contributed by atoms with Crippen LogP contribution >= 0.6 is 0 Å². The number of benzene rings is 3. The van der Waals surface area contributed by atoms with E-state index in [4.69, 9.17) is 19.2 Å². The number of hydrogen-bond donors (Lipinski definition) is 2. The monoisotopic (exact) mass is 685 g/mol. The van der Waals surface area contributed by atoms with Crippen molar-refractivity contribution < 1.29 is 32.5 Å². The number of phenolic OH excluding ortho intramolecular Hbond substituents is 1. The van der Waals surface area contributed by atoms with E-state index in [0.29, 0.717) is 54.9 Å². The molecule has 7 aliphatic rings. The number of rotatable bonds is 4. The van der Waals surface area contributed by atoms with Crippen LogP contribution in [0.4, 0.5) is 19.0 Å². The minimum Gasteiger partial charge on any atom is -0.508 e. The van der Waals surface area contributed by atoms with Crippen molar-refractivity contribution in [3.05, 3.63) is 41.5 Å². The third-order valence-electron chi connectivity index (χ3n) is 13.0. The lowest BCUT2D eigenvalue weighted by molar-refractivity contribution is 0.104. The normalized spacial score (nSPS) is 30.2. The Morgan fingerprint density at radius 3 is 2.82 bits per heavy atom. The number of nitrogens with zero attached hydrogens (tertiary/aromatic N) is 4. The van der Waals surface area contributed by atoms with Crippen LogP contribution in [0.1, 0.15) is 50.5 Å². The van der Waals surface area contributed by atoms with Gasteiger partial charge in [-0.05, 0) is 72.1 Å². The highest BCUT2D eigenvalue weighted by Gasteiger charge is 2.60. The second kappa shape index (κ2) is 10.3. The van der Waals surface area contributed by atoms with Gasteiger partial charge in [0.05, 0.1) is 29.1 Å². The summed E-state index contributed by atoms with van der Waals surface area (Å²) in [4.78, 5) is 14.0. The predicted octanol–water partition coefficient (Wildman–Crippen LogP) is 5.81. The summed E-state index contributed by atoms with van der Waals surface area (Å²) in [6.07, 6.45) is 6.32. The van der Waals surface area contributed by atoms with Gasteiger partial charge in [0.1, 0.15) is 42.2 Å². The number of piperazine rings is 1. The van der Waals surface area contributed by atoms with E-state index in [2.05, 4.69) is 20.1 Å². The molecule has 5 atom stereocenters.